The highest BCUT2D eigenvalue weighted by Gasteiger charge is 2.10. The number of ether oxygens (including phenoxy) is 1. The molecule has 2 aromatic carbocycles. The molecular formula is C19H17N3O3S. The highest BCUT2D eigenvalue weighted by atomic mass is 32.1. The second-order valence-electron chi connectivity index (χ2n) is 5.48. The normalized spacial score (nSPS) is 10.2. The van der Waals surface area contributed by atoms with E-state index in [1.54, 1.807) is 31.4 Å². The van der Waals surface area contributed by atoms with E-state index >= 15 is 0 Å². The van der Waals surface area contributed by atoms with Gasteiger partial charge in [-0.1, -0.05) is 0 Å². The molecule has 0 unspecified atom stereocenters. The van der Waals surface area contributed by atoms with Crippen molar-refractivity contribution in [1.29, 1.82) is 0 Å². The van der Waals surface area contributed by atoms with Gasteiger partial charge in [0.25, 0.3) is 5.91 Å². The van der Waals surface area contributed by atoms with Gasteiger partial charge < -0.3 is 10.1 Å². The average Bonchev–Trinajstić information content (AvgIpc) is 3.10. The highest BCUT2D eigenvalue weighted by molar-refractivity contribution is 7.14. The number of methoxy groups -OCH3 is 1. The SMILES string of the molecule is COc1ccc(-c2csc(NC(=O)c3ccc(NC(C)=O)cc3)n2)cc1. The molecule has 7 heteroatoms. The van der Waals surface area contributed by atoms with Crippen molar-refractivity contribution in [3.05, 3.63) is 59.5 Å². The molecule has 3 rings (SSSR count). The first kappa shape index (κ1) is 17.6. The van der Waals surface area contributed by atoms with Crippen LogP contribution in [0.2, 0.25) is 0 Å². The Labute approximate surface area is 154 Å². The van der Waals surface area contributed by atoms with Crippen molar-refractivity contribution in [3.8, 4) is 17.0 Å². The maximum Gasteiger partial charge on any atom is 0.257 e. The number of amides is 2. The molecule has 1 aromatic heterocycles. The summed E-state index contributed by atoms with van der Waals surface area (Å²) in [6, 6.07) is 14.2. The fraction of sp³-hybridized carbons (Fsp3) is 0.105. The fourth-order valence-corrected chi connectivity index (χ4v) is 3.02. The largest absolute Gasteiger partial charge is 0.497 e. The van der Waals surface area contributed by atoms with Crippen molar-refractivity contribution in [2.24, 2.45) is 0 Å². The van der Waals surface area contributed by atoms with Gasteiger partial charge in [0.1, 0.15) is 5.75 Å². The number of hydrogen-bond donors (Lipinski definition) is 2. The van der Waals surface area contributed by atoms with Gasteiger partial charge in [-0.15, -0.1) is 11.3 Å². The van der Waals surface area contributed by atoms with Crippen LogP contribution in [0.5, 0.6) is 5.75 Å². The van der Waals surface area contributed by atoms with Crippen LogP contribution >= 0.6 is 11.3 Å². The summed E-state index contributed by atoms with van der Waals surface area (Å²) in [4.78, 5) is 27.8. The first-order chi connectivity index (χ1) is 12.5. The summed E-state index contributed by atoms with van der Waals surface area (Å²) in [5, 5.41) is 7.85. The molecular weight excluding hydrogens is 350 g/mol. The van der Waals surface area contributed by atoms with Gasteiger partial charge in [-0.3, -0.25) is 14.9 Å². The molecule has 3 aromatic rings. The number of aromatic nitrogens is 1. The molecule has 0 aliphatic rings. The lowest BCUT2D eigenvalue weighted by Gasteiger charge is -2.04. The van der Waals surface area contributed by atoms with Crippen LogP contribution in [0.3, 0.4) is 0 Å². The molecule has 6 nitrogen and oxygen atoms in total. The van der Waals surface area contributed by atoms with Crippen LogP contribution in [0.15, 0.2) is 53.9 Å². The molecule has 0 saturated carbocycles. The predicted molar refractivity (Wildman–Crippen MR) is 103 cm³/mol. The minimum Gasteiger partial charge on any atom is -0.497 e. The Kier molecular flexibility index (Phi) is 5.28. The maximum absolute atomic E-state index is 12.3. The molecule has 26 heavy (non-hydrogen) atoms. The summed E-state index contributed by atoms with van der Waals surface area (Å²) in [7, 11) is 1.62. The van der Waals surface area contributed by atoms with Crippen molar-refractivity contribution >= 4 is 34.0 Å². The van der Waals surface area contributed by atoms with Gasteiger partial charge in [0.05, 0.1) is 12.8 Å². The van der Waals surface area contributed by atoms with E-state index in [0.29, 0.717) is 16.4 Å². The van der Waals surface area contributed by atoms with E-state index in [4.69, 9.17) is 4.74 Å². The Balaban J connectivity index is 1.68. The number of carbonyl (C=O) groups is 2. The van der Waals surface area contributed by atoms with Gasteiger partial charge in [0.15, 0.2) is 5.13 Å². The van der Waals surface area contributed by atoms with Crippen LogP contribution in [0.1, 0.15) is 17.3 Å². The number of hydrogen-bond acceptors (Lipinski definition) is 5. The Hall–Kier alpha value is -3.19. The lowest BCUT2D eigenvalue weighted by atomic mass is 10.2. The molecule has 1 heterocycles. The van der Waals surface area contributed by atoms with Crippen molar-refractivity contribution in [1.82, 2.24) is 4.98 Å². The number of anilines is 2. The number of carbonyl (C=O) groups excluding carboxylic acids is 2. The summed E-state index contributed by atoms with van der Waals surface area (Å²) in [5.41, 5.74) is 2.86. The average molecular weight is 367 g/mol. The molecule has 0 spiro atoms. The minimum absolute atomic E-state index is 0.156. The Morgan fingerprint density at radius 3 is 2.31 bits per heavy atom. The number of nitrogens with zero attached hydrogens (tertiary/aromatic N) is 1. The lowest BCUT2D eigenvalue weighted by molar-refractivity contribution is -0.114. The van der Waals surface area contributed by atoms with Gasteiger partial charge in [0.2, 0.25) is 5.91 Å². The summed E-state index contributed by atoms with van der Waals surface area (Å²) in [6.45, 7) is 1.43. The zero-order valence-corrected chi connectivity index (χ0v) is 15.1. The van der Waals surface area contributed by atoms with Crippen LogP contribution in [0, 0.1) is 0 Å². The molecule has 0 radical (unpaired) electrons. The monoisotopic (exact) mass is 367 g/mol. The second kappa shape index (κ2) is 7.79. The zero-order valence-electron chi connectivity index (χ0n) is 14.3. The minimum atomic E-state index is -0.255. The van der Waals surface area contributed by atoms with Crippen LogP contribution < -0.4 is 15.4 Å². The Bertz CT molecular complexity index is 918. The zero-order chi connectivity index (χ0) is 18.5. The number of thiazole rings is 1. The van der Waals surface area contributed by atoms with E-state index in [2.05, 4.69) is 15.6 Å². The lowest BCUT2D eigenvalue weighted by Crippen LogP contribution is -2.12. The van der Waals surface area contributed by atoms with E-state index < -0.39 is 0 Å². The van der Waals surface area contributed by atoms with Crippen LogP contribution in [-0.4, -0.2) is 23.9 Å². The van der Waals surface area contributed by atoms with Crippen LogP contribution in [0.4, 0.5) is 10.8 Å². The van der Waals surface area contributed by atoms with E-state index in [-0.39, 0.29) is 11.8 Å². The maximum atomic E-state index is 12.3. The Morgan fingerprint density at radius 1 is 1.00 bits per heavy atom. The predicted octanol–water partition coefficient (Wildman–Crippen LogP) is 4.03. The number of rotatable bonds is 5. The first-order valence-corrected chi connectivity index (χ1v) is 8.72. The second-order valence-corrected chi connectivity index (χ2v) is 6.34. The molecule has 0 aliphatic carbocycles. The first-order valence-electron chi connectivity index (χ1n) is 7.84. The van der Waals surface area contributed by atoms with Gasteiger partial charge in [-0.05, 0) is 48.5 Å². The van der Waals surface area contributed by atoms with E-state index in [1.807, 2.05) is 29.6 Å². The van der Waals surface area contributed by atoms with Crippen LogP contribution in [0.25, 0.3) is 11.3 Å². The number of nitrogens with one attached hydrogen (secondary N) is 2. The van der Waals surface area contributed by atoms with Gasteiger partial charge in [0, 0.05) is 29.1 Å². The quantitative estimate of drug-likeness (QED) is 0.713. The van der Waals surface area contributed by atoms with Crippen molar-refractivity contribution in [2.75, 3.05) is 17.7 Å². The van der Waals surface area contributed by atoms with E-state index in [1.165, 1.54) is 18.3 Å². The summed E-state index contributed by atoms with van der Waals surface area (Å²) >= 11 is 1.36. The molecule has 0 fully saturated rings. The van der Waals surface area contributed by atoms with Gasteiger partial charge in [-0.25, -0.2) is 4.98 Å². The molecule has 0 saturated heterocycles. The van der Waals surface area contributed by atoms with E-state index in [0.717, 1.165) is 17.0 Å². The smallest absolute Gasteiger partial charge is 0.257 e. The topological polar surface area (TPSA) is 80.3 Å². The van der Waals surface area contributed by atoms with Crippen molar-refractivity contribution in [2.45, 2.75) is 6.92 Å². The van der Waals surface area contributed by atoms with Gasteiger partial charge >= 0.3 is 0 Å². The summed E-state index contributed by atoms with van der Waals surface area (Å²) in [6.07, 6.45) is 0. The molecule has 0 bridgehead atoms. The Morgan fingerprint density at radius 2 is 1.69 bits per heavy atom. The van der Waals surface area contributed by atoms with Crippen molar-refractivity contribution < 1.29 is 14.3 Å². The van der Waals surface area contributed by atoms with Crippen LogP contribution in [-0.2, 0) is 4.79 Å². The summed E-state index contributed by atoms with van der Waals surface area (Å²) < 4.78 is 5.14. The molecule has 2 N–H and O–H groups in total. The fourth-order valence-electron chi connectivity index (χ4n) is 2.30. The highest BCUT2D eigenvalue weighted by Crippen LogP contribution is 2.26. The third kappa shape index (κ3) is 4.25. The van der Waals surface area contributed by atoms with E-state index in [9.17, 15) is 9.59 Å². The molecule has 0 atom stereocenters. The standard InChI is InChI=1S/C19H17N3O3S/c1-12(23)20-15-7-3-14(4-8-15)18(24)22-19-21-17(11-26-19)13-5-9-16(25-2)10-6-13/h3-11H,1-2H3,(H,20,23)(H,21,22,24). The molecule has 2 amide bonds. The third-order valence-electron chi connectivity index (χ3n) is 3.58. The molecule has 0 aliphatic heterocycles. The molecule has 132 valence electrons. The summed E-state index contributed by atoms with van der Waals surface area (Å²) in [5.74, 6) is 0.367. The number of benzene rings is 2. The van der Waals surface area contributed by atoms with Crippen molar-refractivity contribution in [3.63, 3.8) is 0 Å². The third-order valence-corrected chi connectivity index (χ3v) is 4.34. The van der Waals surface area contributed by atoms with Gasteiger partial charge in [-0.2, -0.15) is 0 Å².